The Morgan fingerprint density at radius 3 is 1.53 bits per heavy atom. The summed E-state index contributed by atoms with van der Waals surface area (Å²) in [6, 6.07) is 45.8. The summed E-state index contributed by atoms with van der Waals surface area (Å²) >= 11 is 0. The Labute approximate surface area is 270 Å². The summed E-state index contributed by atoms with van der Waals surface area (Å²) in [7, 11) is 0. The first kappa shape index (κ1) is 27.6. The zero-order chi connectivity index (χ0) is 31.7. The molecule has 7 heteroatoms. The van der Waals surface area contributed by atoms with Gasteiger partial charge in [-0.3, -0.25) is 4.98 Å². The molecule has 3 aromatic heterocycles. The fourth-order valence-corrected chi connectivity index (χ4v) is 5.98. The number of benzene rings is 5. The van der Waals surface area contributed by atoms with Crippen LogP contribution in [0.2, 0.25) is 0 Å². The molecule has 0 aliphatic heterocycles. The molecule has 0 spiro atoms. The standard InChI is InChI=1S/C40H23N7/c41-24-26-11-14-32-33-15-12-27(25-42)22-36(33)47(35(32)21-26)37-23-31(28-17-19-43-20-18-28)13-16-34(37)40-45-38(29-7-3-1-4-8-29)44-39(46-40)30-9-5-2-6-10-30/h1-23H. The zero-order valence-electron chi connectivity index (χ0n) is 24.9. The summed E-state index contributed by atoms with van der Waals surface area (Å²) in [5.74, 6) is 1.61. The number of hydrogen-bond donors (Lipinski definition) is 0. The molecule has 218 valence electrons. The summed E-state index contributed by atoms with van der Waals surface area (Å²) in [5.41, 5.74) is 8.01. The summed E-state index contributed by atoms with van der Waals surface area (Å²) in [5, 5.41) is 21.7. The van der Waals surface area contributed by atoms with Gasteiger partial charge in [0.1, 0.15) is 0 Å². The number of nitriles is 2. The molecule has 8 aromatic rings. The van der Waals surface area contributed by atoms with Crippen LogP contribution in [0.3, 0.4) is 0 Å². The van der Waals surface area contributed by atoms with E-state index in [1.807, 2.05) is 115 Å². The van der Waals surface area contributed by atoms with Crippen molar-refractivity contribution >= 4 is 21.8 Å². The highest BCUT2D eigenvalue weighted by Gasteiger charge is 2.21. The number of rotatable bonds is 5. The van der Waals surface area contributed by atoms with Crippen LogP contribution in [-0.4, -0.2) is 24.5 Å². The van der Waals surface area contributed by atoms with Crippen molar-refractivity contribution in [2.24, 2.45) is 0 Å². The van der Waals surface area contributed by atoms with Crippen LogP contribution in [0.5, 0.6) is 0 Å². The molecule has 7 nitrogen and oxygen atoms in total. The van der Waals surface area contributed by atoms with E-state index in [1.165, 1.54) is 0 Å². The molecule has 0 saturated carbocycles. The van der Waals surface area contributed by atoms with E-state index in [0.29, 0.717) is 28.6 Å². The molecule has 0 atom stereocenters. The van der Waals surface area contributed by atoms with Gasteiger partial charge < -0.3 is 4.57 Å². The van der Waals surface area contributed by atoms with Gasteiger partial charge in [-0.15, -0.1) is 0 Å². The summed E-state index contributed by atoms with van der Waals surface area (Å²) < 4.78 is 2.11. The lowest BCUT2D eigenvalue weighted by molar-refractivity contribution is 1.06. The predicted octanol–water partition coefficient (Wildman–Crippen LogP) is 8.78. The first-order valence-electron chi connectivity index (χ1n) is 15.0. The fraction of sp³-hybridized carbons (Fsp3) is 0. The number of aromatic nitrogens is 5. The van der Waals surface area contributed by atoms with Crippen LogP contribution < -0.4 is 0 Å². The largest absolute Gasteiger partial charge is 0.308 e. The van der Waals surface area contributed by atoms with Gasteiger partial charge in [0.15, 0.2) is 17.5 Å². The first-order chi connectivity index (χ1) is 23.2. The number of fused-ring (bicyclic) bond motifs is 3. The molecule has 0 saturated heterocycles. The van der Waals surface area contributed by atoms with Gasteiger partial charge >= 0.3 is 0 Å². The molecule has 0 aliphatic rings. The second-order valence-corrected chi connectivity index (χ2v) is 11.0. The molecular formula is C40H23N7. The average molecular weight is 602 g/mol. The maximum Gasteiger partial charge on any atom is 0.166 e. The molecule has 0 fully saturated rings. The Morgan fingerprint density at radius 1 is 0.468 bits per heavy atom. The maximum atomic E-state index is 9.88. The van der Waals surface area contributed by atoms with E-state index in [9.17, 15) is 10.5 Å². The van der Waals surface area contributed by atoms with Gasteiger partial charge in [0.2, 0.25) is 0 Å². The van der Waals surface area contributed by atoms with Gasteiger partial charge in [0.05, 0.1) is 40.0 Å². The number of nitrogens with zero attached hydrogens (tertiary/aromatic N) is 7. The molecule has 3 heterocycles. The SMILES string of the molecule is N#Cc1ccc2c3ccc(C#N)cc3n(-c3cc(-c4ccncc4)ccc3-c3nc(-c4ccccc4)nc(-c4ccccc4)n3)c2c1. The molecule has 5 aromatic carbocycles. The van der Waals surface area contributed by atoms with Gasteiger partial charge in [-0.25, -0.2) is 15.0 Å². The molecule has 0 unspecified atom stereocenters. The summed E-state index contributed by atoms with van der Waals surface area (Å²) in [6.07, 6.45) is 3.54. The highest BCUT2D eigenvalue weighted by atomic mass is 15.1. The van der Waals surface area contributed by atoms with Crippen LogP contribution in [0.4, 0.5) is 0 Å². The first-order valence-corrected chi connectivity index (χ1v) is 15.0. The molecular weight excluding hydrogens is 578 g/mol. The zero-order valence-corrected chi connectivity index (χ0v) is 24.9. The van der Waals surface area contributed by atoms with Gasteiger partial charge in [-0.05, 0) is 59.7 Å². The van der Waals surface area contributed by atoms with Crippen molar-refractivity contribution in [2.75, 3.05) is 0 Å². The van der Waals surface area contributed by atoms with Crippen molar-refractivity contribution < 1.29 is 0 Å². The minimum atomic E-state index is 0.497. The van der Waals surface area contributed by atoms with Gasteiger partial charge in [-0.2, -0.15) is 10.5 Å². The Morgan fingerprint density at radius 2 is 1.00 bits per heavy atom. The average Bonchev–Trinajstić information content (AvgIpc) is 3.48. The molecule has 0 aliphatic carbocycles. The fourth-order valence-electron chi connectivity index (χ4n) is 5.98. The minimum absolute atomic E-state index is 0.497. The smallest absolute Gasteiger partial charge is 0.166 e. The highest BCUT2D eigenvalue weighted by molar-refractivity contribution is 6.10. The van der Waals surface area contributed by atoms with E-state index in [4.69, 9.17) is 15.0 Å². The third-order valence-corrected chi connectivity index (χ3v) is 8.22. The second kappa shape index (κ2) is 11.5. The third-order valence-electron chi connectivity index (χ3n) is 8.22. The topological polar surface area (TPSA) is 104 Å². The molecule has 0 bridgehead atoms. The van der Waals surface area contributed by atoms with Crippen LogP contribution in [0.1, 0.15) is 11.1 Å². The lowest BCUT2D eigenvalue weighted by Gasteiger charge is -2.16. The van der Waals surface area contributed by atoms with Crippen LogP contribution >= 0.6 is 0 Å². The third kappa shape index (κ3) is 4.95. The Kier molecular flexibility index (Phi) is 6.76. The highest BCUT2D eigenvalue weighted by Crippen LogP contribution is 2.39. The molecule has 47 heavy (non-hydrogen) atoms. The lowest BCUT2D eigenvalue weighted by atomic mass is 10.0. The molecule has 8 rings (SSSR count). The van der Waals surface area contributed by atoms with Crippen LogP contribution in [-0.2, 0) is 0 Å². The van der Waals surface area contributed by atoms with Crippen molar-refractivity contribution in [3.63, 3.8) is 0 Å². The van der Waals surface area contributed by atoms with E-state index < -0.39 is 0 Å². The van der Waals surface area contributed by atoms with E-state index in [0.717, 1.165) is 55.3 Å². The summed E-state index contributed by atoms with van der Waals surface area (Å²) in [6.45, 7) is 0. The molecule has 0 N–H and O–H groups in total. The lowest BCUT2D eigenvalue weighted by Crippen LogP contribution is -2.04. The number of hydrogen-bond acceptors (Lipinski definition) is 6. The Bertz CT molecular complexity index is 2400. The minimum Gasteiger partial charge on any atom is -0.308 e. The maximum absolute atomic E-state index is 9.88. The Balaban J connectivity index is 1.48. The normalized spacial score (nSPS) is 10.9. The second-order valence-electron chi connectivity index (χ2n) is 11.0. The van der Waals surface area contributed by atoms with Crippen LogP contribution in [0.25, 0.3) is 72.8 Å². The predicted molar refractivity (Wildman–Crippen MR) is 183 cm³/mol. The van der Waals surface area contributed by atoms with Gasteiger partial charge in [-0.1, -0.05) is 78.9 Å². The van der Waals surface area contributed by atoms with Crippen molar-refractivity contribution in [2.45, 2.75) is 0 Å². The Hall–Kier alpha value is -6.96. The van der Waals surface area contributed by atoms with E-state index in [1.54, 1.807) is 12.4 Å². The van der Waals surface area contributed by atoms with E-state index in [2.05, 4.69) is 33.8 Å². The quantitative estimate of drug-likeness (QED) is 0.195. The van der Waals surface area contributed by atoms with Crippen molar-refractivity contribution in [1.29, 1.82) is 10.5 Å². The van der Waals surface area contributed by atoms with Crippen molar-refractivity contribution in [1.82, 2.24) is 24.5 Å². The van der Waals surface area contributed by atoms with E-state index >= 15 is 0 Å². The van der Waals surface area contributed by atoms with E-state index in [-0.39, 0.29) is 0 Å². The number of pyridine rings is 1. The monoisotopic (exact) mass is 601 g/mol. The molecule has 0 amide bonds. The van der Waals surface area contributed by atoms with Gasteiger partial charge in [0, 0.05) is 39.9 Å². The van der Waals surface area contributed by atoms with Gasteiger partial charge in [0.25, 0.3) is 0 Å². The van der Waals surface area contributed by atoms with Crippen LogP contribution in [0.15, 0.2) is 140 Å². The molecule has 0 radical (unpaired) electrons. The summed E-state index contributed by atoms with van der Waals surface area (Å²) in [4.78, 5) is 19.2. The van der Waals surface area contributed by atoms with Crippen LogP contribution in [0, 0.1) is 22.7 Å². The van der Waals surface area contributed by atoms with Crippen molar-refractivity contribution in [3.8, 4) is 63.1 Å². The van der Waals surface area contributed by atoms with Crippen molar-refractivity contribution in [3.05, 3.63) is 151 Å².